The Morgan fingerprint density at radius 3 is 2.95 bits per heavy atom. The number of hydrogen-bond donors (Lipinski definition) is 1. The van der Waals surface area contributed by atoms with Gasteiger partial charge in [0.1, 0.15) is 11.5 Å². The second kappa shape index (κ2) is 5.85. The maximum absolute atomic E-state index is 12.1. The van der Waals surface area contributed by atoms with Gasteiger partial charge in [0, 0.05) is 11.9 Å². The second-order valence-corrected chi connectivity index (χ2v) is 8.51. The van der Waals surface area contributed by atoms with Gasteiger partial charge in [-0.1, -0.05) is 0 Å². The van der Waals surface area contributed by atoms with Gasteiger partial charge in [-0.25, -0.2) is 13.4 Å². The Hall–Kier alpha value is -1.67. The summed E-state index contributed by atoms with van der Waals surface area (Å²) in [5.74, 6) is 1.52. The highest BCUT2D eigenvalue weighted by Gasteiger charge is 2.28. The SMILES string of the molecule is Cc1ccc(-c2nc(C(=O)NC[C@H]3CCS(=O)(=O)C3)cs2)o1. The molecule has 8 heteroatoms. The topological polar surface area (TPSA) is 89.3 Å². The van der Waals surface area contributed by atoms with Crippen molar-refractivity contribution < 1.29 is 17.6 Å². The molecule has 1 N–H and O–H groups in total. The minimum Gasteiger partial charge on any atom is -0.459 e. The Kier molecular flexibility index (Phi) is 4.05. The van der Waals surface area contributed by atoms with Crippen molar-refractivity contribution in [3.8, 4) is 10.8 Å². The molecule has 0 bridgehead atoms. The summed E-state index contributed by atoms with van der Waals surface area (Å²) in [4.78, 5) is 16.3. The fraction of sp³-hybridized carbons (Fsp3) is 0.429. The number of aromatic nitrogens is 1. The number of amides is 1. The molecular formula is C14H16N2O4S2. The summed E-state index contributed by atoms with van der Waals surface area (Å²) in [6, 6.07) is 3.66. The fourth-order valence-corrected chi connectivity index (χ4v) is 5.02. The van der Waals surface area contributed by atoms with Gasteiger partial charge in [-0.15, -0.1) is 11.3 Å². The predicted molar refractivity (Wildman–Crippen MR) is 83.6 cm³/mol. The number of aryl methyl sites for hydroxylation is 1. The van der Waals surface area contributed by atoms with E-state index in [4.69, 9.17) is 4.42 Å². The molecule has 1 aliphatic rings. The van der Waals surface area contributed by atoms with Gasteiger partial charge in [0.15, 0.2) is 20.6 Å². The van der Waals surface area contributed by atoms with E-state index in [1.54, 1.807) is 5.38 Å². The van der Waals surface area contributed by atoms with Gasteiger partial charge >= 0.3 is 0 Å². The highest BCUT2D eigenvalue weighted by atomic mass is 32.2. The third kappa shape index (κ3) is 3.38. The van der Waals surface area contributed by atoms with Crippen LogP contribution in [-0.4, -0.2) is 37.4 Å². The third-order valence-electron chi connectivity index (χ3n) is 3.57. The number of nitrogens with zero attached hydrogens (tertiary/aromatic N) is 1. The molecule has 1 saturated heterocycles. The molecule has 0 radical (unpaired) electrons. The summed E-state index contributed by atoms with van der Waals surface area (Å²) in [5.41, 5.74) is 0.329. The second-order valence-electron chi connectivity index (χ2n) is 5.43. The molecule has 6 nitrogen and oxygen atoms in total. The summed E-state index contributed by atoms with van der Waals surface area (Å²) >= 11 is 1.34. The maximum Gasteiger partial charge on any atom is 0.270 e. The zero-order valence-corrected chi connectivity index (χ0v) is 13.7. The molecule has 1 aliphatic heterocycles. The molecular weight excluding hydrogens is 324 g/mol. The average Bonchev–Trinajstić information content (AvgIpc) is 3.15. The number of rotatable bonds is 4. The first-order valence-corrected chi connectivity index (χ1v) is 9.64. The zero-order chi connectivity index (χ0) is 15.7. The van der Waals surface area contributed by atoms with E-state index < -0.39 is 9.84 Å². The predicted octanol–water partition coefficient (Wildman–Crippen LogP) is 1.88. The van der Waals surface area contributed by atoms with E-state index in [1.165, 1.54) is 11.3 Å². The summed E-state index contributed by atoms with van der Waals surface area (Å²) in [5, 5.41) is 5.09. The Balaban J connectivity index is 1.60. The van der Waals surface area contributed by atoms with Crippen molar-refractivity contribution in [2.75, 3.05) is 18.1 Å². The van der Waals surface area contributed by atoms with Crippen molar-refractivity contribution in [1.82, 2.24) is 10.3 Å². The average molecular weight is 340 g/mol. The van der Waals surface area contributed by atoms with Crippen molar-refractivity contribution in [3.05, 3.63) is 29.0 Å². The van der Waals surface area contributed by atoms with Crippen molar-refractivity contribution in [2.24, 2.45) is 5.92 Å². The van der Waals surface area contributed by atoms with Gasteiger partial charge in [0.25, 0.3) is 5.91 Å². The van der Waals surface area contributed by atoms with Gasteiger partial charge in [0.05, 0.1) is 11.5 Å². The Morgan fingerprint density at radius 2 is 2.32 bits per heavy atom. The highest BCUT2D eigenvalue weighted by molar-refractivity contribution is 7.91. The van der Waals surface area contributed by atoms with Crippen LogP contribution in [0.3, 0.4) is 0 Å². The smallest absolute Gasteiger partial charge is 0.270 e. The number of hydrogen-bond acceptors (Lipinski definition) is 6. The number of furan rings is 1. The van der Waals surface area contributed by atoms with Crippen LogP contribution in [0, 0.1) is 12.8 Å². The number of sulfone groups is 1. The molecule has 0 spiro atoms. The van der Waals surface area contributed by atoms with E-state index in [1.807, 2.05) is 19.1 Å². The Labute approximate surface area is 132 Å². The molecule has 1 fully saturated rings. The lowest BCUT2D eigenvalue weighted by Gasteiger charge is -2.08. The van der Waals surface area contributed by atoms with Crippen molar-refractivity contribution in [3.63, 3.8) is 0 Å². The van der Waals surface area contributed by atoms with Crippen LogP contribution in [-0.2, 0) is 9.84 Å². The van der Waals surface area contributed by atoms with Gasteiger partial charge in [0.2, 0.25) is 0 Å². The number of thiazole rings is 1. The Morgan fingerprint density at radius 1 is 1.50 bits per heavy atom. The van der Waals surface area contributed by atoms with E-state index in [0.717, 1.165) is 5.76 Å². The van der Waals surface area contributed by atoms with Crippen molar-refractivity contribution in [1.29, 1.82) is 0 Å². The quantitative estimate of drug-likeness (QED) is 0.918. The fourth-order valence-electron chi connectivity index (χ4n) is 2.40. The first-order valence-electron chi connectivity index (χ1n) is 6.94. The summed E-state index contributed by atoms with van der Waals surface area (Å²) in [6.07, 6.45) is 0.608. The molecule has 2 aromatic rings. The van der Waals surface area contributed by atoms with Crippen LogP contribution in [0.2, 0.25) is 0 Å². The first kappa shape index (κ1) is 15.2. The van der Waals surface area contributed by atoms with Crippen LogP contribution in [0.25, 0.3) is 10.8 Å². The molecule has 1 amide bonds. The monoisotopic (exact) mass is 340 g/mol. The van der Waals surface area contributed by atoms with Gasteiger partial charge in [-0.05, 0) is 31.4 Å². The molecule has 22 heavy (non-hydrogen) atoms. The van der Waals surface area contributed by atoms with Crippen molar-refractivity contribution in [2.45, 2.75) is 13.3 Å². The molecule has 0 aliphatic carbocycles. The van der Waals surface area contributed by atoms with E-state index in [2.05, 4.69) is 10.3 Å². The van der Waals surface area contributed by atoms with Crippen LogP contribution in [0.1, 0.15) is 22.7 Å². The molecule has 0 aromatic carbocycles. The molecule has 3 heterocycles. The van der Waals surface area contributed by atoms with E-state index in [0.29, 0.717) is 29.4 Å². The molecule has 0 unspecified atom stereocenters. The first-order chi connectivity index (χ1) is 10.4. The molecule has 0 saturated carbocycles. The summed E-state index contributed by atoms with van der Waals surface area (Å²) < 4.78 is 28.2. The minimum atomic E-state index is -2.91. The lowest BCUT2D eigenvalue weighted by Crippen LogP contribution is -2.30. The molecule has 3 rings (SSSR count). The maximum atomic E-state index is 12.1. The minimum absolute atomic E-state index is 0.000204. The standard InChI is InChI=1S/C14H16N2O4S2/c1-9-2-3-12(20-9)14-16-11(7-21-14)13(17)15-6-10-4-5-22(18,19)8-10/h2-3,7,10H,4-6,8H2,1H3,(H,15,17)/t10-/m1/s1. The van der Waals surface area contributed by atoms with E-state index in [-0.39, 0.29) is 23.3 Å². The van der Waals surface area contributed by atoms with Crippen LogP contribution in [0.15, 0.2) is 21.9 Å². The number of carbonyl (C=O) groups excluding carboxylic acids is 1. The van der Waals surface area contributed by atoms with Crippen molar-refractivity contribution >= 4 is 27.1 Å². The lowest BCUT2D eigenvalue weighted by molar-refractivity contribution is 0.0944. The zero-order valence-electron chi connectivity index (χ0n) is 12.0. The van der Waals surface area contributed by atoms with Crippen LogP contribution < -0.4 is 5.32 Å². The third-order valence-corrected chi connectivity index (χ3v) is 6.26. The van der Waals surface area contributed by atoms with Gasteiger partial charge < -0.3 is 9.73 Å². The molecule has 1 atom stereocenters. The van der Waals surface area contributed by atoms with Crippen LogP contribution >= 0.6 is 11.3 Å². The largest absolute Gasteiger partial charge is 0.459 e. The summed E-state index contributed by atoms with van der Waals surface area (Å²) in [7, 11) is -2.91. The van der Waals surface area contributed by atoms with Gasteiger partial charge in [-0.3, -0.25) is 4.79 Å². The lowest BCUT2D eigenvalue weighted by atomic mass is 10.1. The van der Waals surface area contributed by atoms with Crippen LogP contribution in [0.4, 0.5) is 0 Å². The van der Waals surface area contributed by atoms with Gasteiger partial charge in [-0.2, -0.15) is 0 Å². The van der Waals surface area contributed by atoms with E-state index >= 15 is 0 Å². The molecule has 118 valence electrons. The molecule has 2 aromatic heterocycles. The van der Waals surface area contributed by atoms with Crippen LogP contribution in [0.5, 0.6) is 0 Å². The highest BCUT2D eigenvalue weighted by Crippen LogP contribution is 2.25. The normalized spacial score (nSPS) is 20.1. The number of carbonyl (C=O) groups is 1. The number of nitrogens with one attached hydrogen (secondary N) is 1. The summed E-state index contributed by atoms with van der Waals surface area (Å²) in [6.45, 7) is 2.21. The Bertz CT molecular complexity index is 791. The van der Waals surface area contributed by atoms with E-state index in [9.17, 15) is 13.2 Å².